The number of thioether (sulfide) groups is 1. The number of hydrogen-bond donors (Lipinski definition) is 0. The molecule has 0 spiro atoms. The van der Waals surface area contributed by atoms with Gasteiger partial charge in [-0.05, 0) is 17.7 Å². The molecule has 15 heavy (non-hydrogen) atoms. The number of hydrogen-bond acceptors (Lipinski definition) is 3. The molecule has 0 atom stereocenters. The molecular weight excluding hydrogens is 208 g/mol. The lowest BCUT2D eigenvalue weighted by atomic mass is 10.1. The Morgan fingerprint density at radius 2 is 2.20 bits per heavy atom. The minimum absolute atomic E-state index is 0.193. The summed E-state index contributed by atoms with van der Waals surface area (Å²) in [6.45, 7) is 4.30. The van der Waals surface area contributed by atoms with Crippen molar-refractivity contribution >= 4 is 17.7 Å². The van der Waals surface area contributed by atoms with E-state index in [4.69, 9.17) is 0 Å². The van der Waals surface area contributed by atoms with Crippen molar-refractivity contribution in [1.82, 2.24) is 0 Å². The van der Waals surface area contributed by atoms with Gasteiger partial charge in [0.2, 0.25) is 0 Å². The van der Waals surface area contributed by atoms with Crippen LogP contribution < -0.4 is 0 Å². The zero-order valence-corrected chi connectivity index (χ0v) is 10.1. The Labute approximate surface area is 95.0 Å². The van der Waals surface area contributed by atoms with Crippen LogP contribution in [-0.4, -0.2) is 18.3 Å². The minimum atomic E-state index is -0.193. The number of ether oxygens (including phenoxy) is 1. The molecule has 3 heteroatoms. The zero-order chi connectivity index (χ0) is 11.3. The molecule has 0 saturated carbocycles. The molecule has 0 N–H and O–H groups in total. The fourth-order valence-corrected chi connectivity index (χ4v) is 2.16. The summed E-state index contributed by atoms with van der Waals surface area (Å²) >= 11 is 1.80. The summed E-state index contributed by atoms with van der Waals surface area (Å²) in [5.74, 6) is -0.193. The minimum Gasteiger partial charge on any atom is -0.469 e. The van der Waals surface area contributed by atoms with Gasteiger partial charge in [-0.25, -0.2) is 0 Å². The quantitative estimate of drug-likeness (QED) is 0.581. The van der Waals surface area contributed by atoms with Crippen molar-refractivity contribution in [1.29, 1.82) is 0 Å². The summed E-state index contributed by atoms with van der Waals surface area (Å²) in [7, 11) is 1.41. The van der Waals surface area contributed by atoms with Crippen LogP contribution in [0.15, 0.2) is 29.2 Å². The van der Waals surface area contributed by atoms with E-state index >= 15 is 0 Å². The molecule has 0 aliphatic rings. The molecule has 0 unspecified atom stereocenters. The van der Waals surface area contributed by atoms with Gasteiger partial charge in [-0.3, -0.25) is 4.79 Å². The highest BCUT2D eigenvalue weighted by Gasteiger charge is 2.04. The van der Waals surface area contributed by atoms with Crippen LogP contribution in [0.1, 0.15) is 19.4 Å². The Morgan fingerprint density at radius 1 is 1.47 bits per heavy atom. The van der Waals surface area contributed by atoms with Gasteiger partial charge in [0.1, 0.15) is 0 Å². The van der Waals surface area contributed by atoms with Crippen molar-refractivity contribution in [3.8, 4) is 0 Å². The lowest BCUT2D eigenvalue weighted by Gasteiger charge is -2.06. The van der Waals surface area contributed by atoms with E-state index in [0.717, 1.165) is 5.56 Å². The molecule has 2 nitrogen and oxygen atoms in total. The average molecular weight is 224 g/mol. The van der Waals surface area contributed by atoms with E-state index in [1.54, 1.807) is 11.8 Å². The maximum atomic E-state index is 11.1. The third kappa shape index (κ3) is 4.38. The number of esters is 1. The summed E-state index contributed by atoms with van der Waals surface area (Å²) in [5, 5.41) is 0.554. The number of benzene rings is 1. The van der Waals surface area contributed by atoms with Gasteiger partial charge in [-0.2, -0.15) is 0 Å². The second-order valence-electron chi connectivity index (χ2n) is 3.57. The molecule has 0 radical (unpaired) electrons. The average Bonchev–Trinajstić information content (AvgIpc) is 2.17. The highest BCUT2D eigenvalue weighted by atomic mass is 32.2. The summed E-state index contributed by atoms with van der Waals surface area (Å²) in [6, 6.07) is 8.03. The fraction of sp³-hybridized carbons (Fsp3) is 0.417. The molecule has 0 aliphatic heterocycles. The summed E-state index contributed by atoms with van der Waals surface area (Å²) in [5.41, 5.74) is 1.01. The molecule has 1 aromatic carbocycles. The Hall–Kier alpha value is -0.960. The van der Waals surface area contributed by atoms with Crippen molar-refractivity contribution in [2.24, 2.45) is 0 Å². The van der Waals surface area contributed by atoms with E-state index in [-0.39, 0.29) is 5.97 Å². The molecule has 0 fully saturated rings. The fourth-order valence-electron chi connectivity index (χ4n) is 1.24. The van der Waals surface area contributed by atoms with E-state index in [1.165, 1.54) is 12.0 Å². The van der Waals surface area contributed by atoms with Gasteiger partial charge in [-0.1, -0.05) is 26.0 Å². The van der Waals surface area contributed by atoms with Gasteiger partial charge < -0.3 is 4.74 Å². The second kappa shape index (κ2) is 5.81. The first kappa shape index (κ1) is 12.1. The number of carbonyl (C=O) groups is 1. The first-order valence-corrected chi connectivity index (χ1v) is 5.82. The lowest BCUT2D eigenvalue weighted by Crippen LogP contribution is -2.04. The van der Waals surface area contributed by atoms with Crippen LogP contribution in [0.25, 0.3) is 0 Å². The predicted molar refractivity (Wildman–Crippen MR) is 63.2 cm³/mol. The van der Waals surface area contributed by atoms with Crippen molar-refractivity contribution in [3.63, 3.8) is 0 Å². The van der Waals surface area contributed by atoms with E-state index in [9.17, 15) is 4.79 Å². The smallest absolute Gasteiger partial charge is 0.309 e. The normalized spacial score (nSPS) is 10.4. The molecule has 0 saturated heterocycles. The first-order valence-electron chi connectivity index (χ1n) is 4.94. The Kier molecular flexibility index (Phi) is 4.69. The van der Waals surface area contributed by atoms with Gasteiger partial charge in [-0.15, -0.1) is 11.8 Å². The van der Waals surface area contributed by atoms with Gasteiger partial charge in [0.05, 0.1) is 13.5 Å². The molecule has 0 heterocycles. The Balaban J connectivity index is 2.69. The summed E-state index contributed by atoms with van der Waals surface area (Å²) in [6.07, 6.45) is 0.350. The molecule has 0 aromatic heterocycles. The van der Waals surface area contributed by atoms with Crippen LogP contribution in [0.4, 0.5) is 0 Å². The number of carbonyl (C=O) groups excluding carboxylic acids is 1. The van der Waals surface area contributed by atoms with Crippen LogP contribution in [0.2, 0.25) is 0 Å². The van der Waals surface area contributed by atoms with Gasteiger partial charge >= 0.3 is 5.97 Å². The lowest BCUT2D eigenvalue weighted by molar-refractivity contribution is -0.139. The Bertz CT molecular complexity index is 334. The molecule has 0 bridgehead atoms. The van der Waals surface area contributed by atoms with Gasteiger partial charge in [0, 0.05) is 10.1 Å². The first-order chi connectivity index (χ1) is 7.11. The third-order valence-electron chi connectivity index (χ3n) is 1.85. The van der Waals surface area contributed by atoms with Crippen LogP contribution in [0.3, 0.4) is 0 Å². The zero-order valence-electron chi connectivity index (χ0n) is 9.32. The van der Waals surface area contributed by atoms with Gasteiger partial charge in [0.25, 0.3) is 0 Å². The maximum Gasteiger partial charge on any atom is 0.309 e. The molecule has 82 valence electrons. The largest absolute Gasteiger partial charge is 0.469 e. The molecule has 1 aromatic rings. The van der Waals surface area contributed by atoms with Crippen LogP contribution in [0.5, 0.6) is 0 Å². The van der Waals surface area contributed by atoms with Crippen molar-refractivity contribution in [2.45, 2.75) is 30.4 Å². The standard InChI is InChI=1S/C12H16O2S/c1-9(2)15-11-6-4-5-10(7-11)8-12(13)14-3/h4-7,9H,8H2,1-3H3. The van der Waals surface area contributed by atoms with Crippen molar-refractivity contribution < 1.29 is 9.53 Å². The topological polar surface area (TPSA) is 26.3 Å². The predicted octanol–water partition coefficient (Wildman–Crippen LogP) is 2.90. The Morgan fingerprint density at radius 3 is 2.80 bits per heavy atom. The van der Waals surface area contributed by atoms with Crippen LogP contribution in [0, 0.1) is 0 Å². The van der Waals surface area contributed by atoms with Crippen LogP contribution in [-0.2, 0) is 16.0 Å². The third-order valence-corrected chi connectivity index (χ3v) is 2.84. The monoisotopic (exact) mass is 224 g/mol. The van der Waals surface area contributed by atoms with Gasteiger partial charge in [0.15, 0.2) is 0 Å². The van der Waals surface area contributed by atoms with Crippen LogP contribution >= 0.6 is 11.8 Å². The van der Waals surface area contributed by atoms with E-state index < -0.39 is 0 Å². The van der Waals surface area contributed by atoms with E-state index in [1.807, 2.05) is 18.2 Å². The van der Waals surface area contributed by atoms with Crippen molar-refractivity contribution in [3.05, 3.63) is 29.8 Å². The number of rotatable bonds is 4. The summed E-state index contributed by atoms with van der Waals surface area (Å²) < 4.78 is 4.63. The SMILES string of the molecule is COC(=O)Cc1cccc(SC(C)C)c1. The highest BCUT2D eigenvalue weighted by Crippen LogP contribution is 2.23. The molecule has 0 amide bonds. The van der Waals surface area contributed by atoms with Crippen molar-refractivity contribution in [2.75, 3.05) is 7.11 Å². The molecule has 0 aliphatic carbocycles. The molecule has 1 rings (SSSR count). The van der Waals surface area contributed by atoms with E-state index in [0.29, 0.717) is 11.7 Å². The van der Waals surface area contributed by atoms with E-state index in [2.05, 4.69) is 24.7 Å². The molecular formula is C12H16O2S. The highest BCUT2D eigenvalue weighted by molar-refractivity contribution is 7.99. The number of methoxy groups -OCH3 is 1. The second-order valence-corrected chi connectivity index (χ2v) is 5.22. The maximum absolute atomic E-state index is 11.1. The summed E-state index contributed by atoms with van der Waals surface area (Å²) in [4.78, 5) is 12.3.